The van der Waals surface area contributed by atoms with E-state index in [-0.39, 0.29) is 21.2 Å². The zero-order chi connectivity index (χ0) is 15.2. The molecule has 0 saturated heterocycles. The summed E-state index contributed by atoms with van der Waals surface area (Å²) in [6.45, 7) is 0. The van der Waals surface area contributed by atoms with Gasteiger partial charge in [-0.15, -0.1) is 0 Å². The smallest absolute Gasteiger partial charge is 0.418 e. The molecule has 0 fully saturated rings. The van der Waals surface area contributed by atoms with Crippen molar-refractivity contribution < 1.29 is 38.5 Å². The van der Waals surface area contributed by atoms with Crippen LogP contribution < -0.4 is 21.2 Å². The summed E-state index contributed by atoms with van der Waals surface area (Å²) in [6, 6.07) is 17.1. The van der Waals surface area contributed by atoms with Crippen molar-refractivity contribution in [1.82, 2.24) is 0 Å². The summed E-state index contributed by atoms with van der Waals surface area (Å²) < 4.78 is 44.2. The highest BCUT2D eigenvalue weighted by Gasteiger charge is 2.20. The molecule has 0 bridgehead atoms. The summed E-state index contributed by atoms with van der Waals surface area (Å²) in [6.07, 6.45) is 0. The largest absolute Gasteiger partial charge is 0.673 e. The second kappa shape index (κ2) is 8.38. The van der Waals surface area contributed by atoms with Crippen LogP contribution in [0, 0.1) is 7.14 Å². The lowest BCUT2D eigenvalue weighted by molar-refractivity contribution is -0.597. The maximum absolute atomic E-state index is 9.75. The van der Waals surface area contributed by atoms with Crippen molar-refractivity contribution in [3.05, 3.63) is 64.6 Å². The molecule has 0 nitrogen and oxygen atoms in total. The molecule has 20 heavy (non-hydrogen) atoms. The van der Waals surface area contributed by atoms with Crippen molar-refractivity contribution in [2.45, 2.75) is 0 Å². The topological polar surface area (TPSA) is 0 Å². The summed E-state index contributed by atoms with van der Waals surface area (Å²) in [5.41, 5.74) is 0. The molecule has 0 heterocycles. The monoisotopic (exact) mass is 524 g/mol. The SMILES string of the molecule is Brc1cccc([I+]c2cccc(Br)c2)c1.F[B-](F)(F)F. The lowest BCUT2D eigenvalue weighted by Crippen LogP contribution is -3.61. The molecule has 0 saturated carbocycles. The first-order valence-electron chi connectivity index (χ1n) is 5.27. The highest BCUT2D eigenvalue weighted by atomic mass is 127. The van der Waals surface area contributed by atoms with Gasteiger partial charge in [-0.2, -0.15) is 0 Å². The van der Waals surface area contributed by atoms with E-state index < -0.39 is 7.25 Å². The Labute approximate surface area is 141 Å². The van der Waals surface area contributed by atoms with Crippen LogP contribution in [0.3, 0.4) is 0 Å². The summed E-state index contributed by atoms with van der Waals surface area (Å²) in [5, 5.41) is 0. The van der Waals surface area contributed by atoms with Crippen LogP contribution in [0.5, 0.6) is 0 Å². The van der Waals surface area contributed by atoms with Gasteiger partial charge in [-0.3, -0.25) is 0 Å². The van der Waals surface area contributed by atoms with Gasteiger partial charge >= 0.3 is 28.5 Å². The Morgan fingerprint density at radius 1 is 0.750 bits per heavy atom. The molecule has 0 aliphatic rings. The van der Waals surface area contributed by atoms with E-state index in [0.29, 0.717) is 0 Å². The molecule has 108 valence electrons. The maximum atomic E-state index is 9.75. The van der Waals surface area contributed by atoms with Crippen LogP contribution in [0.4, 0.5) is 17.3 Å². The van der Waals surface area contributed by atoms with Gasteiger partial charge in [-0.05, 0) is 24.3 Å². The normalized spacial score (nSPS) is 10.7. The van der Waals surface area contributed by atoms with E-state index in [9.17, 15) is 17.3 Å². The van der Waals surface area contributed by atoms with E-state index in [4.69, 9.17) is 0 Å². The van der Waals surface area contributed by atoms with E-state index in [1.807, 2.05) is 0 Å². The van der Waals surface area contributed by atoms with Crippen LogP contribution in [-0.2, 0) is 0 Å². The molecule has 0 aromatic heterocycles. The number of rotatable bonds is 2. The fourth-order valence-corrected chi connectivity index (χ4v) is 5.29. The summed E-state index contributed by atoms with van der Waals surface area (Å²) >= 11 is 6.93. The van der Waals surface area contributed by atoms with Crippen LogP contribution in [0.2, 0.25) is 0 Å². The van der Waals surface area contributed by atoms with Crippen LogP contribution in [0.1, 0.15) is 0 Å². The van der Waals surface area contributed by atoms with Gasteiger partial charge in [0.2, 0.25) is 0 Å². The summed E-state index contributed by atoms with van der Waals surface area (Å²) in [7, 11) is -6.00. The van der Waals surface area contributed by atoms with E-state index in [0.717, 1.165) is 8.95 Å². The molecule has 0 N–H and O–H groups in total. The molecule has 2 aromatic carbocycles. The summed E-state index contributed by atoms with van der Waals surface area (Å²) in [5.74, 6) is 0. The zero-order valence-electron chi connectivity index (χ0n) is 9.84. The Morgan fingerprint density at radius 3 is 1.40 bits per heavy atom. The molecule has 0 radical (unpaired) electrons. The molecule has 2 aromatic rings. The number of benzene rings is 2. The van der Waals surface area contributed by atoms with Crippen molar-refractivity contribution in [2.24, 2.45) is 0 Å². The highest BCUT2D eigenvalue weighted by molar-refractivity contribution is 9.10. The second-order valence-electron chi connectivity index (χ2n) is 3.47. The van der Waals surface area contributed by atoms with E-state index >= 15 is 0 Å². The molecular formula is C12H8BBr2F4I. The van der Waals surface area contributed by atoms with Gasteiger partial charge in [0.25, 0.3) is 0 Å². The van der Waals surface area contributed by atoms with Crippen LogP contribution in [-0.4, -0.2) is 7.25 Å². The third-order valence-electron chi connectivity index (χ3n) is 1.79. The number of hydrogen-bond donors (Lipinski definition) is 0. The third-order valence-corrected chi connectivity index (χ3v) is 5.37. The minimum Gasteiger partial charge on any atom is -0.418 e. The van der Waals surface area contributed by atoms with Gasteiger partial charge in [0.05, 0.1) is 0 Å². The van der Waals surface area contributed by atoms with E-state index in [2.05, 4.69) is 80.4 Å². The lowest BCUT2D eigenvalue weighted by atomic mass is 10.3. The van der Waals surface area contributed by atoms with Crippen molar-refractivity contribution in [3.63, 3.8) is 0 Å². The average molecular weight is 526 g/mol. The molecular weight excluding hydrogens is 518 g/mol. The Kier molecular flexibility index (Phi) is 7.53. The Balaban J connectivity index is 0.000000347. The standard InChI is InChI=1S/C12H8Br2I.BF4/c13-9-3-1-5-11(7-9)15-12-6-2-4-10(14)8-12;2-1(3,4)5/h1-8H;/q+1;-1. The van der Waals surface area contributed by atoms with Gasteiger partial charge in [-0.25, -0.2) is 0 Å². The molecule has 8 heteroatoms. The molecule has 2 rings (SSSR count). The fourth-order valence-electron chi connectivity index (χ4n) is 1.16. The highest BCUT2D eigenvalue weighted by Crippen LogP contribution is 2.08. The lowest BCUT2D eigenvalue weighted by Gasteiger charge is -1.94. The zero-order valence-corrected chi connectivity index (χ0v) is 15.2. The van der Waals surface area contributed by atoms with Crippen molar-refractivity contribution in [1.29, 1.82) is 0 Å². The van der Waals surface area contributed by atoms with Crippen LogP contribution in [0.25, 0.3) is 0 Å². The Bertz CT molecular complexity index is 514. The van der Waals surface area contributed by atoms with E-state index in [1.165, 1.54) is 7.14 Å². The molecule has 0 atom stereocenters. The first-order chi connectivity index (χ1) is 9.24. The first kappa shape index (κ1) is 18.0. The second-order valence-corrected chi connectivity index (χ2v) is 8.33. The van der Waals surface area contributed by atoms with Gasteiger partial charge in [-0.1, -0.05) is 44.0 Å². The minimum atomic E-state index is -6.00. The van der Waals surface area contributed by atoms with Crippen molar-refractivity contribution in [2.75, 3.05) is 0 Å². The minimum absolute atomic E-state index is 0.0648. The van der Waals surface area contributed by atoms with Gasteiger partial charge in [0.1, 0.15) is 0 Å². The Morgan fingerprint density at radius 2 is 1.10 bits per heavy atom. The molecule has 0 unspecified atom stereocenters. The van der Waals surface area contributed by atoms with Crippen molar-refractivity contribution >= 4 is 39.1 Å². The molecule has 0 amide bonds. The summed E-state index contributed by atoms with van der Waals surface area (Å²) in [4.78, 5) is 0. The molecule has 0 aliphatic heterocycles. The van der Waals surface area contributed by atoms with Gasteiger partial charge < -0.3 is 17.3 Å². The average Bonchev–Trinajstić information content (AvgIpc) is 2.26. The van der Waals surface area contributed by atoms with Gasteiger partial charge in [0.15, 0.2) is 7.14 Å². The predicted octanol–water partition coefficient (Wildman–Crippen LogP) is 2.64. The maximum Gasteiger partial charge on any atom is 0.673 e. The molecule has 0 spiro atoms. The third kappa shape index (κ3) is 8.96. The number of hydrogen-bond acceptors (Lipinski definition) is 0. The predicted molar refractivity (Wildman–Crippen MR) is 75.9 cm³/mol. The quantitative estimate of drug-likeness (QED) is 0.321. The fraction of sp³-hybridized carbons (Fsp3) is 0. The number of halogens is 7. The first-order valence-corrected chi connectivity index (χ1v) is 9.02. The van der Waals surface area contributed by atoms with Crippen LogP contribution >= 0.6 is 31.9 Å². The van der Waals surface area contributed by atoms with E-state index in [1.54, 1.807) is 0 Å². The van der Waals surface area contributed by atoms with Gasteiger partial charge in [0, 0.05) is 21.1 Å². The van der Waals surface area contributed by atoms with Crippen molar-refractivity contribution in [3.8, 4) is 0 Å². The molecule has 0 aliphatic carbocycles. The van der Waals surface area contributed by atoms with Crippen LogP contribution in [0.15, 0.2) is 57.5 Å². The Hall–Kier alpha value is -0.0851.